The summed E-state index contributed by atoms with van der Waals surface area (Å²) >= 11 is 13.3. The predicted octanol–water partition coefficient (Wildman–Crippen LogP) is -0.992. The summed E-state index contributed by atoms with van der Waals surface area (Å²) in [6.07, 6.45) is 0.289. The van der Waals surface area contributed by atoms with Gasteiger partial charge in [0.2, 0.25) is 5.91 Å². The van der Waals surface area contributed by atoms with Gasteiger partial charge in [-0.25, -0.2) is 4.98 Å². The Kier molecular flexibility index (Phi) is 7.47. The zero-order valence-electron chi connectivity index (χ0n) is 19.4. The summed E-state index contributed by atoms with van der Waals surface area (Å²) in [4.78, 5) is 45.2. The Labute approximate surface area is 232 Å². The van der Waals surface area contributed by atoms with Crippen molar-refractivity contribution in [2.75, 3.05) is 18.0 Å². The van der Waals surface area contributed by atoms with E-state index in [0.717, 1.165) is 16.9 Å². The van der Waals surface area contributed by atoms with E-state index < -0.39 is 11.9 Å². The van der Waals surface area contributed by atoms with Crippen LogP contribution in [0.15, 0.2) is 24.3 Å². The minimum absolute atomic E-state index is 0. The van der Waals surface area contributed by atoms with Crippen molar-refractivity contribution < 1.29 is 38.4 Å². The molecule has 1 aromatic carbocycles. The summed E-state index contributed by atoms with van der Waals surface area (Å²) in [5.74, 6) is -1.62. The summed E-state index contributed by atoms with van der Waals surface area (Å²) in [6, 6.07) is 6.66. The molecule has 1 aliphatic carbocycles. The maximum absolute atomic E-state index is 12.6. The number of rotatable bonds is 7. The van der Waals surface area contributed by atoms with E-state index in [-0.39, 0.29) is 64.7 Å². The third-order valence-electron chi connectivity index (χ3n) is 6.52. The largest absolute Gasteiger partial charge is 1.00 e. The number of primary amides is 1. The van der Waals surface area contributed by atoms with Crippen LogP contribution in [0.2, 0.25) is 10.0 Å². The number of aromatic amines is 1. The number of thiazole rings is 1. The zero-order chi connectivity index (χ0) is 25.0. The third-order valence-corrected chi connectivity index (χ3v) is 8.61. The van der Waals surface area contributed by atoms with E-state index in [9.17, 15) is 19.5 Å². The molecule has 36 heavy (non-hydrogen) atoms. The summed E-state index contributed by atoms with van der Waals surface area (Å²) in [5.41, 5.74) is 7.75. The normalized spacial score (nSPS) is 20.0. The fourth-order valence-electron chi connectivity index (χ4n) is 4.58. The number of fused-ring (bicyclic) bond motifs is 1. The fourth-order valence-corrected chi connectivity index (χ4v) is 5.93. The Balaban J connectivity index is 0.00000304. The monoisotopic (exact) mass is 539 g/mol. The van der Waals surface area contributed by atoms with Crippen LogP contribution in [0.3, 0.4) is 0 Å². The number of aryl methyl sites for hydroxylation is 1. The van der Waals surface area contributed by atoms with Gasteiger partial charge in [-0.3, -0.25) is 9.59 Å². The molecule has 182 valence electrons. The second-order valence-electron chi connectivity index (χ2n) is 8.78. The van der Waals surface area contributed by atoms with Crippen LogP contribution in [0.1, 0.15) is 47.5 Å². The smallest absolute Gasteiger partial charge is 0.544 e. The molecular weight excluding hydrogens is 520 g/mol. The van der Waals surface area contributed by atoms with Gasteiger partial charge in [0, 0.05) is 48.6 Å². The van der Waals surface area contributed by atoms with Gasteiger partial charge in [0.05, 0.1) is 26.6 Å². The molecule has 1 aliphatic heterocycles. The van der Waals surface area contributed by atoms with Crippen LogP contribution < -0.4 is 39.9 Å². The van der Waals surface area contributed by atoms with E-state index in [1.807, 2.05) is 4.90 Å². The predicted molar refractivity (Wildman–Crippen MR) is 130 cm³/mol. The van der Waals surface area contributed by atoms with Crippen LogP contribution >= 0.6 is 34.5 Å². The molecule has 0 spiro atoms. The molecule has 13 heteroatoms. The maximum Gasteiger partial charge on any atom is 1.00 e. The first-order valence-corrected chi connectivity index (χ1v) is 12.4. The van der Waals surface area contributed by atoms with Gasteiger partial charge in [0.1, 0.15) is 5.69 Å². The minimum Gasteiger partial charge on any atom is -0.544 e. The van der Waals surface area contributed by atoms with Crippen molar-refractivity contribution >= 4 is 57.5 Å². The Hall–Kier alpha value is -2.48. The average Bonchev–Trinajstić information content (AvgIpc) is 3.19. The standard InChI is InChI=1S/C23H21Cl2N5O4S.Li/c1-9-15(24)16(25)18(27-9)21(32)29-17-12-7-30(8-13(12)17)23-28-14(19(35-23)22(33)34)6-10-2-4-11(5-3-10)20(26)31;/h2-5,12-13,17,27H,6-8H2,1H3,(H2,26,31)(H,29,32)(H,33,34);/q;+1/p-1/t12-,13+,17?;. The van der Waals surface area contributed by atoms with Crippen LogP contribution in [0.4, 0.5) is 5.13 Å². The molecular formula is C23H20Cl2LiN5O4S. The van der Waals surface area contributed by atoms with E-state index in [1.54, 1.807) is 31.2 Å². The number of aromatic carboxylic acids is 1. The van der Waals surface area contributed by atoms with Crippen LogP contribution in [0, 0.1) is 18.8 Å². The van der Waals surface area contributed by atoms with E-state index in [1.165, 1.54) is 0 Å². The van der Waals surface area contributed by atoms with Gasteiger partial charge in [0.25, 0.3) is 5.91 Å². The SMILES string of the molecule is Cc1[nH]c(C(=O)NC2[C@H]3CN(c4nc(Cc5ccc(C(N)=O)cc5)c(C(=O)[O-])s4)C[C@@H]23)c(Cl)c1Cl.[Li+]. The molecule has 0 bridgehead atoms. The number of aromatic nitrogens is 2. The molecule has 1 saturated carbocycles. The van der Waals surface area contributed by atoms with Gasteiger partial charge in [-0.1, -0.05) is 46.7 Å². The number of carbonyl (C=O) groups excluding carboxylic acids is 3. The van der Waals surface area contributed by atoms with Crippen molar-refractivity contribution in [2.24, 2.45) is 17.6 Å². The first kappa shape index (κ1) is 26.6. The molecule has 4 N–H and O–H groups in total. The number of halogens is 2. The average molecular weight is 540 g/mol. The molecule has 3 atom stereocenters. The molecule has 2 fully saturated rings. The van der Waals surface area contributed by atoms with Gasteiger partial charge < -0.3 is 30.8 Å². The molecule has 2 aromatic heterocycles. The topological polar surface area (TPSA) is 144 Å². The number of carbonyl (C=O) groups is 3. The Bertz CT molecular complexity index is 1350. The molecule has 5 rings (SSSR count). The first-order chi connectivity index (χ1) is 16.6. The van der Waals surface area contributed by atoms with E-state index in [4.69, 9.17) is 28.9 Å². The number of carboxylic acid groups (broad SMARTS) is 1. The van der Waals surface area contributed by atoms with Crippen molar-refractivity contribution in [3.63, 3.8) is 0 Å². The number of amides is 2. The zero-order valence-corrected chi connectivity index (χ0v) is 21.8. The summed E-state index contributed by atoms with van der Waals surface area (Å²) in [5, 5.41) is 15.9. The van der Waals surface area contributed by atoms with E-state index in [2.05, 4.69) is 15.3 Å². The van der Waals surface area contributed by atoms with Gasteiger partial charge in [-0.15, -0.1) is 0 Å². The maximum atomic E-state index is 12.6. The molecule has 1 saturated heterocycles. The van der Waals surface area contributed by atoms with Gasteiger partial charge in [-0.05, 0) is 24.6 Å². The van der Waals surface area contributed by atoms with Crippen molar-refractivity contribution in [1.82, 2.24) is 15.3 Å². The van der Waals surface area contributed by atoms with Crippen molar-refractivity contribution in [2.45, 2.75) is 19.4 Å². The quantitative estimate of drug-likeness (QED) is 0.329. The first-order valence-electron chi connectivity index (χ1n) is 10.8. The third kappa shape index (κ3) is 4.88. The summed E-state index contributed by atoms with van der Waals surface area (Å²) in [6.45, 7) is 3.05. The molecule has 1 unspecified atom stereocenters. The number of nitrogens with one attached hydrogen (secondary N) is 2. The fraction of sp³-hybridized carbons (Fsp3) is 0.304. The van der Waals surface area contributed by atoms with Crippen molar-refractivity contribution in [3.05, 3.63) is 67.4 Å². The number of H-pyrrole nitrogens is 1. The number of anilines is 1. The Morgan fingerprint density at radius 3 is 2.36 bits per heavy atom. The minimum atomic E-state index is -1.27. The van der Waals surface area contributed by atoms with E-state index >= 15 is 0 Å². The van der Waals surface area contributed by atoms with Crippen molar-refractivity contribution in [1.29, 1.82) is 0 Å². The van der Waals surface area contributed by atoms with Crippen LogP contribution in [0.5, 0.6) is 0 Å². The molecule has 0 radical (unpaired) electrons. The van der Waals surface area contributed by atoms with Gasteiger partial charge in [-0.2, -0.15) is 0 Å². The molecule has 2 amide bonds. The molecule has 9 nitrogen and oxygen atoms in total. The number of benzene rings is 1. The molecule has 3 heterocycles. The molecule has 2 aliphatic rings. The number of hydrogen-bond acceptors (Lipinski definition) is 7. The van der Waals surface area contributed by atoms with Crippen LogP contribution in [-0.2, 0) is 6.42 Å². The number of nitrogens with zero attached hydrogens (tertiary/aromatic N) is 2. The van der Waals surface area contributed by atoms with Crippen LogP contribution in [0.25, 0.3) is 0 Å². The number of nitrogens with two attached hydrogens (primary N) is 1. The Morgan fingerprint density at radius 1 is 1.19 bits per heavy atom. The second-order valence-corrected chi connectivity index (χ2v) is 10.5. The van der Waals surface area contributed by atoms with Gasteiger partial charge >= 0.3 is 18.9 Å². The van der Waals surface area contributed by atoms with E-state index in [0.29, 0.717) is 40.2 Å². The number of hydrogen-bond donors (Lipinski definition) is 3. The second kappa shape index (κ2) is 10.1. The van der Waals surface area contributed by atoms with Gasteiger partial charge in [0.15, 0.2) is 5.13 Å². The Morgan fingerprint density at radius 2 is 1.83 bits per heavy atom. The summed E-state index contributed by atoms with van der Waals surface area (Å²) < 4.78 is 0. The number of piperidine rings is 1. The summed E-state index contributed by atoms with van der Waals surface area (Å²) in [7, 11) is 0. The van der Waals surface area contributed by atoms with Crippen LogP contribution in [-0.4, -0.2) is 46.9 Å². The van der Waals surface area contributed by atoms with Crippen molar-refractivity contribution in [3.8, 4) is 0 Å². The number of carboxylic acids is 1. The molecule has 3 aromatic rings.